The molecule has 4 aromatic rings. The minimum absolute atomic E-state index is 0.139. The van der Waals surface area contributed by atoms with Crippen LogP contribution in [0.1, 0.15) is 22.9 Å². The van der Waals surface area contributed by atoms with E-state index in [0.717, 1.165) is 28.5 Å². The van der Waals surface area contributed by atoms with Crippen LogP contribution in [0.2, 0.25) is 0 Å². The lowest BCUT2D eigenvalue weighted by Gasteiger charge is -2.20. The number of thiazole rings is 1. The van der Waals surface area contributed by atoms with Gasteiger partial charge in [-0.1, -0.05) is 36.4 Å². The van der Waals surface area contributed by atoms with Gasteiger partial charge >= 0.3 is 0 Å². The molecule has 0 aliphatic carbocycles. The summed E-state index contributed by atoms with van der Waals surface area (Å²) < 4.78 is 0. The number of rotatable bonds is 4. The molecule has 0 N–H and O–H groups in total. The summed E-state index contributed by atoms with van der Waals surface area (Å²) in [6, 6.07) is 18.7. The molecule has 0 saturated heterocycles. The van der Waals surface area contributed by atoms with Gasteiger partial charge in [-0.05, 0) is 29.1 Å². The van der Waals surface area contributed by atoms with Crippen molar-refractivity contribution in [3.8, 4) is 11.3 Å². The van der Waals surface area contributed by atoms with E-state index in [9.17, 15) is 0 Å². The standard InChI is InChI=1S/C21H16N4S2/c1-2-5-15(6-3-1)18-14-27-21(23-18)25-19(16-8-10-22-11-9-16)13-17(24-25)20-7-4-12-26-20/h1-12,14,19H,13H2/t19-/m0/s1. The molecule has 132 valence electrons. The van der Waals surface area contributed by atoms with E-state index in [1.54, 1.807) is 22.7 Å². The Morgan fingerprint density at radius 1 is 0.926 bits per heavy atom. The van der Waals surface area contributed by atoms with Gasteiger partial charge in [-0.3, -0.25) is 4.98 Å². The summed E-state index contributed by atoms with van der Waals surface area (Å²) in [6.45, 7) is 0. The topological polar surface area (TPSA) is 41.4 Å². The number of nitrogens with zero attached hydrogens (tertiary/aromatic N) is 4. The number of hydrogen-bond donors (Lipinski definition) is 0. The summed E-state index contributed by atoms with van der Waals surface area (Å²) >= 11 is 3.36. The van der Waals surface area contributed by atoms with Crippen LogP contribution in [-0.4, -0.2) is 15.7 Å². The molecule has 0 fully saturated rings. The highest BCUT2D eigenvalue weighted by Gasteiger charge is 2.32. The summed E-state index contributed by atoms with van der Waals surface area (Å²) in [7, 11) is 0. The number of hydrogen-bond acceptors (Lipinski definition) is 6. The molecule has 1 atom stereocenters. The van der Waals surface area contributed by atoms with Gasteiger partial charge in [0, 0.05) is 29.8 Å². The van der Waals surface area contributed by atoms with Crippen LogP contribution < -0.4 is 5.01 Å². The smallest absolute Gasteiger partial charge is 0.207 e. The summed E-state index contributed by atoms with van der Waals surface area (Å²) in [6.07, 6.45) is 4.55. The van der Waals surface area contributed by atoms with Crippen LogP contribution >= 0.6 is 22.7 Å². The highest BCUT2D eigenvalue weighted by Crippen LogP contribution is 2.39. The van der Waals surface area contributed by atoms with Crippen molar-refractivity contribution in [3.05, 3.63) is 88.2 Å². The number of benzene rings is 1. The third kappa shape index (κ3) is 3.18. The molecule has 0 saturated carbocycles. The van der Waals surface area contributed by atoms with Crippen LogP contribution in [-0.2, 0) is 0 Å². The Morgan fingerprint density at radius 2 is 1.78 bits per heavy atom. The van der Waals surface area contributed by atoms with Crippen LogP contribution in [0.5, 0.6) is 0 Å². The van der Waals surface area contributed by atoms with Gasteiger partial charge in [0.15, 0.2) is 0 Å². The molecule has 3 aromatic heterocycles. The van der Waals surface area contributed by atoms with E-state index in [-0.39, 0.29) is 6.04 Å². The van der Waals surface area contributed by atoms with E-state index < -0.39 is 0 Å². The van der Waals surface area contributed by atoms with Gasteiger partial charge in [-0.15, -0.1) is 22.7 Å². The zero-order chi connectivity index (χ0) is 18.1. The van der Waals surface area contributed by atoms with Crippen LogP contribution in [0, 0.1) is 0 Å². The second kappa shape index (κ2) is 7.06. The maximum atomic E-state index is 4.95. The van der Waals surface area contributed by atoms with Crippen LogP contribution in [0.3, 0.4) is 0 Å². The molecule has 27 heavy (non-hydrogen) atoms. The number of anilines is 1. The normalized spacial score (nSPS) is 16.5. The molecule has 1 aliphatic rings. The van der Waals surface area contributed by atoms with Gasteiger partial charge in [0.25, 0.3) is 0 Å². The molecule has 0 bridgehead atoms. The Hall–Kier alpha value is -2.83. The lowest BCUT2D eigenvalue weighted by Crippen LogP contribution is -2.18. The largest absolute Gasteiger partial charge is 0.265 e. The monoisotopic (exact) mass is 388 g/mol. The lowest BCUT2D eigenvalue weighted by molar-refractivity contribution is 0.705. The minimum atomic E-state index is 0.139. The number of pyridine rings is 1. The second-order valence-corrected chi connectivity index (χ2v) is 8.03. The Morgan fingerprint density at radius 3 is 2.56 bits per heavy atom. The van der Waals surface area contributed by atoms with Crippen molar-refractivity contribution in [3.63, 3.8) is 0 Å². The molecule has 4 heterocycles. The Kier molecular flexibility index (Phi) is 4.27. The van der Waals surface area contributed by atoms with Gasteiger partial charge in [-0.2, -0.15) is 5.10 Å². The zero-order valence-electron chi connectivity index (χ0n) is 14.4. The highest BCUT2D eigenvalue weighted by atomic mass is 32.1. The van der Waals surface area contributed by atoms with Gasteiger partial charge in [0.05, 0.1) is 22.3 Å². The Balaban J connectivity index is 1.54. The van der Waals surface area contributed by atoms with Gasteiger partial charge in [-0.25, -0.2) is 9.99 Å². The average molecular weight is 389 g/mol. The van der Waals surface area contributed by atoms with Crippen molar-refractivity contribution in [2.75, 3.05) is 5.01 Å². The van der Waals surface area contributed by atoms with Gasteiger partial charge < -0.3 is 0 Å². The molecule has 1 aliphatic heterocycles. The van der Waals surface area contributed by atoms with Gasteiger partial charge in [0.1, 0.15) is 0 Å². The van der Waals surface area contributed by atoms with E-state index >= 15 is 0 Å². The van der Waals surface area contributed by atoms with E-state index in [0.29, 0.717) is 0 Å². The zero-order valence-corrected chi connectivity index (χ0v) is 16.0. The molecular formula is C21H16N4S2. The van der Waals surface area contributed by atoms with E-state index in [1.165, 1.54) is 10.4 Å². The summed E-state index contributed by atoms with van der Waals surface area (Å²) in [5, 5.41) is 12.1. The fourth-order valence-corrected chi connectivity index (χ4v) is 4.79. The minimum Gasteiger partial charge on any atom is -0.265 e. The first kappa shape index (κ1) is 16.4. The number of hydrazone groups is 1. The van der Waals surface area contributed by atoms with E-state index in [2.05, 4.69) is 57.2 Å². The van der Waals surface area contributed by atoms with Crippen molar-refractivity contribution in [2.24, 2.45) is 5.10 Å². The van der Waals surface area contributed by atoms with Crippen molar-refractivity contribution in [1.82, 2.24) is 9.97 Å². The summed E-state index contributed by atoms with van der Waals surface area (Å²) in [4.78, 5) is 10.3. The number of aromatic nitrogens is 2. The van der Waals surface area contributed by atoms with Crippen molar-refractivity contribution < 1.29 is 0 Å². The van der Waals surface area contributed by atoms with Crippen LogP contribution in [0.15, 0.2) is 82.9 Å². The molecule has 0 radical (unpaired) electrons. The Bertz CT molecular complexity index is 1060. The predicted molar refractivity (Wildman–Crippen MR) is 112 cm³/mol. The molecule has 6 heteroatoms. The molecule has 0 amide bonds. The predicted octanol–water partition coefficient (Wildman–Crippen LogP) is 5.62. The van der Waals surface area contributed by atoms with E-state index in [4.69, 9.17) is 10.1 Å². The Labute approximate surface area is 165 Å². The molecular weight excluding hydrogens is 372 g/mol. The third-order valence-corrected chi connectivity index (χ3v) is 6.31. The second-order valence-electron chi connectivity index (χ2n) is 6.25. The van der Waals surface area contributed by atoms with Crippen LogP contribution in [0.25, 0.3) is 11.3 Å². The lowest BCUT2D eigenvalue weighted by atomic mass is 10.0. The molecule has 4 nitrogen and oxygen atoms in total. The van der Waals surface area contributed by atoms with Crippen molar-refractivity contribution in [2.45, 2.75) is 12.5 Å². The first-order valence-corrected chi connectivity index (χ1v) is 10.5. The molecule has 1 aromatic carbocycles. The maximum Gasteiger partial charge on any atom is 0.207 e. The number of thiophene rings is 1. The highest BCUT2D eigenvalue weighted by molar-refractivity contribution is 7.14. The quantitative estimate of drug-likeness (QED) is 0.455. The first-order valence-electron chi connectivity index (χ1n) is 8.70. The SMILES string of the molecule is c1ccc(-c2csc(N3N=C(c4cccs4)C[C@H]3c3ccncc3)n2)cc1. The summed E-state index contributed by atoms with van der Waals surface area (Å²) in [5.74, 6) is 0. The first-order chi connectivity index (χ1) is 13.4. The molecule has 0 unspecified atom stereocenters. The fourth-order valence-electron chi connectivity index (χ4n) is 3.23. The van der Waals surface area contributed by atoms with E-state index in [1.807, 2.05) is 30.6 Å². The molecule has 0 spiro atoms. The third-order valence-electron chi connectivity index (χ3n) is 4.56. The van der Waals surface area contributed by atoms with Crippen molar-refractivity contribution in [1.29, 1.82) is 0 Å². The fraction of sp³-hybridized carbons (Fsp3) is 0.0952. The molecule has 5 rings (SSSR count). The van der Waals surface area contributed by atoms with Gasteiger partial charge in [0.2, 0.25) is 5.13 Å². The van der Waals surface area contributed by atoms with Crippen molar-refractivity contribution >= 4 is 33.5 Å². The maximum absolute atomic E-state index is 4.95. The average Bonchev–Trinajstić information content (AvgIpc) is 3.49. The summed E-state index contributed by atoms with van der Waals surface area (Å²) in [5.41, 5.74) is 4.44. The van der Waals surface area contributed by atoms with Crippen LogP contribution in [0.4, 0.5) is 5.13 Å².